The Bertz CT molecular complexity index is 808. The molecule has 1 aliphatic carbocycles. The number of hydrogen-bond donors (Lipinski definition) is 1. The highest BCUT2D eigenvalue weighted by Gasteiger charge is 2.21. The highest BCUT2D eigenvalue weighted by atomic mass is 16.5. The van der Waals surface area contributed by atoms with Gasteiger partial charge in [-0.15, -0.1) is 0 Å². The predicted octanol–water partition coefficient (Wildman–Crippen LogP) is 4.37. The first-order valence-electron chi connectivity index (χ1n) is 8.26. The number of ether oxygens (including phenoxy) is 1. The smallest absolute Gasteiger partial charge is 0.356 e. The molecule has 0 spiro atoms. The normalized spacial score (nSPS) is 14.1. The van der Waals surface area contributed by atoms with Gasteiger partial charge in [-0.2, -0.15) is 0 Å². The van der Waals surface area contributed by atoms with Crippen molar-refractivity contribution in [1.82, 2.24) is 4.98 Å². The molecule has 0 aliphatic heterocycles. The molecule has 4 heteroatoms. The van der Waals surface area contributed by atoms with Crippen molar-refractivity contribution in [2.75, 3.05) is 6.61 Å². The van der Waals surface area contributed by atoms with Gasteiger partial charge in [0.05, 0.1) is 12.3 Å². The molecule has 24 heavy (non-hydrogen) atoms. The topological polar surface area (TPSA) is 59.4 Å². The molecule has 0 fully saturated rings. The predicted molar refractivity (Wildman–Crippen MR) is 93.7 cm³/mol. The molecule has 0 saturated carbocycles. The zero-order valence-electron chi connectivity index (χ0n) is 14.0. The molecule has 0 radical (unpaired) electrons. The molecule has 0 atom stereocenters. The number of hydrogen-bond acceptors (Lipinski definition) is 4. The summed E-state index contributed by atoms with van der Waals surface area (Å²) in [5.41, 5.74) is 5.29. The van der Waals surface area contributed by atoms with E-state index < -0.39 is 5.97 Å². The van der Waals surface area contributed by atoms with E-state index in [1.54, 1.807) is 19.1 Å². The van der Waals surface area contributed by atoms with Gasteiger partial charge in [-0.25, -0.2) is 9.78 Å². The van der Waals surface area contributed by atoms with Crippen molar-refractivity contribution < 1.29 is 14.6 Å². The van der Waals surface area contributed by atoms with Gasteiger partial charge in [0, 0.05) is 5.56 Å². The minimum atomic E-state index is -0.405. The Morgan fingerprint density at radius 2 is 2.00 bits per heavy atom. The van der Waals surface area contributed by atoms with E-state index >= 15 is 0 Å². The maximum Gasteiger partial charge on any atom is 0.356 e. The average molecular weight is 323 g/mol. The fourth-order valence-corrected chi connectivity index (χ4v) is 3.14. The second-order valence-electron chi connectivity index (χ2n) is 5.96. The average Bonchev–Trinajstić information content (AvgIpc) is 3.07. The molecule has 1 aromatic carbocycles. The summed E-state index contributed by atoms with van der Waals surface area (Å²) < 4.78 is 5.03. The zero-order chi connectivity index (χ0) is 17.1. The van der Waals surface area contributed by atoms with Crippen molar-refractivity contribution in [1.29, 1.82) is 0 Å². The summed E-state index contributed by atoms with van der Waals surface area (Å²) in [6, 6.07) is 11.0. The number of allylic oxidation sites excluding steroid dienone is 2. The SMILES string of the molecule is CCOC(=O)c1cccc(C2=C(c3cc(C)ccc3O)CCC2)n1. The first-order chi connectivity index (χ1) is 11.6. The minimum Gasteiger partial charge on any atom is -0.507 e. The van der Waals surface area contributed by atoms with Gasteiger partial charge < -0.3 is 9.84 Å². The third-order valence-electron chi connectivity index (χ3n) is 4.24. The van der Waals surface area contributed by atoms with Crippen LogP contribution in [-0.2, 0) is 4.74 Å². The summed E-state index contributed by atoms with van der Waals surface area (Å²) >= 11 is 0. The molecule has 3 rings (SSSR count). The summed E-state index contributed by atoms with van der Waals surface area (Å²) in [6.07, 6.45) is 2.81. The number of aromatic nitrogens is 1. The van der Waals surface area contributed by atoms with E-state index in [2.05, 4.69) is 4.98 Å². The summed E-state index contributed by atoms with van der Waals surface area (Å²) in [6.45, 7) is 4.12. The number of nitrogens with zero attached hydrogens (tertiary/aromatic N) is 1. The Morgan fingerprint density at radius 3 is 2.79 bits per heavy atom. The van der Waals surface area contributed by atoms with Crippen LogP contribution in [0.5, 0.6) is 5.75 Å². The van der Waals surface area contributed by atoms with Crippen LogP contribution in [0.3, 0.4) is 0 Å². The standard InChI is InChI=1S/C20H21NO3/c1-3-24-20(23)18-9-5-8-17(21-18)15-7-4-6-14(15)16-12-13(2)10-11-19(16)22/h5,8-12,22H,3-4,6-7H2,1-2H3. The molecule has 1 heterocycles. The fraction of sp³-hybridized carbons (Fsp3) is 0.300. The Balaban J connectivity index is 2.05. The molecular formula is C20H21NO3. The lowest BCUT2D eigenvalue weighted by molar-refractivity contribution is 0.0519. The quantitative estimate of drug-likeness (QED) is 0.849. The molecular weight excluding hydrogens is 302 g/mol. The Kier molecular flexibility index (Phi) is 4.65. The number of aromatic hydroxyl groups is 1. The molecule has 0 bridgehead atoms. The van der Waals surface area contributed by atoms with Gasteiger partial charge in [-0.1, -0.05) is 17.7 Å². The van der Waals surface area contributed by atoms with Crippen LogP contribution < -0.4 is 0 Å². The number of rotatable bonds is 4. The molecule has 1 N–H and O–H groups in total. The lowest BCUT2D eigenvalue weighted by Gasteiger charge is -2.11. The van der Waals surface area contributed by atoms with Gasteiger partial charge in [0.15, 0.2) is 0 Å². The molecule has 0 amide bonds. The molecule has 0 saturated heterocycles. The second kappa shape index (κ2) is 6.87. The van der Waals surface area contributed by atoms with Gasteiger partial charge in [0.1, 0.15) is 11.4 Å². The van der Waals surface area contributed by atoms with E-state index in [1.165, 1.54) is 0 Å². The molecule has 4 nitrogen and oxygen atoms in total. The van der Waals surface area contributed by atoms with Crippen LogP contribution in [0.1, 0.15) is 53.5 Å². The van der Waals surface area contributed by atoms with E-state index in [-0.39, 0.29) is 5.75 Å². The minimum absolute atomic E-state index is 0.288. The molecule has 1 aliphatic rings. The van der Waals surface area contributed by atoms with Crippen LogP contribution in [0.4, 0.5) is 0 Å². The first kappa shape index (κ1) is 16.2. The molecule has 1 aromatic heterocycles. The van der Waals surface area contributed by atoms with Crippen molar-refractivity contribution in [2.24, 2.45) is 0 Å². The van der Waals surface area contributed by atoms with Gasteiger partial charge in [0.2, 0.25) is 0 Å². The molecule has 2 aromatic rings. The Hall–Kier alpha value is -2.62. The van der Waals surface area contributed by atoms with Crippen LogP contribution in [0.25, 0.3) is 11.1 Å². The number of phenolic OH excluding ortho intramolecular Hbond substituents is 1. The Morgan fingerprint density at radius 1 is 1.21 bits per heavy atom. The highest BCUT2D eigenvalue weighted by molar-refractivity contribution is 5.94. The van der Waals surface area contributed by atoms with Crippen LogP contribution in [-0.4, -0.2) is 22.7 Å². The summed E-state index contributed by atoms with van der Waals surface area (Å²) in [5, 5.41) is 10.2. The first-order valence-corrected chi connectivity index (χ1v) is 8.26. The van der Waals surface area contributed by atoms with Gasteiger partial charge in [-0.05, 0) is 68.5 Å². The third kappa shape index (κ3) is 3.18. The number of pyridine rings is 1. The highest BCUT2D eigenvalue weighted by Crippen LogP contribution is 2.42. The molecule has 124 valence electrons. The van der Waals surface area contributed by atoms with Crippen LogP contribution >= 0.6 is 0 Å². The van der Waals surface area contributed by atoms with Gasteiger partial charge in [-0.3, -0.25) is 0 Å². The number of benzene rings is 1. The van der Waals surface area contributed by atoms with Crippen LogP contribution in [0.15, 0.2) is 36.4 Å². The van der Waals surface area contributed by atoms with E-state index in [9.17, 15) is 9.90 Å². The van der Waals surface area contributed by atoms with Gasteiger partial charge in [0.25, 0.3) is 0 Å². The van der Waals surface area contributed by atoms with Crippen molar-refractivity contribution in [3.63, 3.8) is 0 Å². The maximum atomic E-state index is 11.9. The third-order valence-corrected chi connectivity index (χ3v) is 4.24. The number of esters is 1. The van der Waals surface area contributed by atoms with E-state index in [4.69, 9.17) is 4.74 Å². The lowest BCUT2D eigenvalue weighted by atomic mass is 9.97. The molecule has 0 unspecified atom stereocenters. The van der Waals surface area contributed by atoms with E-state index in [1.807, 2.05) is 31.2 Å². The van der Waals surface area contributed by atoms with Gasteiger partial charge >= 0.3 is 5.97 Å². The largest absolute Gasteiger partial charge is 0.507 e. The maximum absolute atomic E-state index is 11.9. The summed E-state index contributed by atoms with van der Waals surface area (Å²) in [4.78, 5) is 16.4. The fourth-order valence-electron chi connectivity index (χ4n) is 3.14. The number of carbonyl (C=O) groups is 1. The monoisotopic (exact) mass is 323 g/mol. The van der Waals surface area contributed by atoms with E-state index in [0.29, 0.717) is 12.3 Å². The van der Waals surface area contributed by atoms with E-state index in [0.717, 1.165) is 47.2 Å². The van der Waals surface area contributed by atoms with Crippen molar-refractivity contribution >= 4 is 17.1 Å². The zero-order valence-corrected chi connectivity index (χ0v) is 14.0. The van der Waals surface area contributed by atoms with Crippen molar-refractivity contribution in [3.05, 3.63) is 58.9 Å². The lowest BCUT2D eigenvalue weighted by Crippen LogP contribution is -2.08. The Labute approximate surface area is 141 Å². The van der Waals surface area contributed by atoms with Crippen molar-refractivity contribution in [2.45, 2.75) is 33.1 Å². The number of aryl methyl sites for hydroxylation is 1. The van der Waals surface area contributed by atoms with Crippen LogP contribution in [0.2, 0.25) is 0 Å². The van der Waals surface area contributed by atoms with Crippen molar-refractivity contribution in [3.8, 4) is 5.75 Å². The summed E-state index contributed by atoms with van der Waals surface area (Å²) in [5.74, 6) is -0.116. The van der Waals surface area contributed by atoms with Crippen LogP contribution in [0, 0.1) is 6.92 Å². The second-order valence-corrected chi connectivity index (χ2v) is 5.96. The summed E-state index contributed by atoms with van der Waals surface area (Å²) in [7, 11) is 0. The number of phenols is 1. The number of carbonyl (C=O) groups excluding carboxylic acids is 1.